The van der Waals surface area contributed by atoms with Gasteiger partial charge in [0.1, 0.15) is 0 Å². The normalized spacial score (nSPS) is 23.4. The molecule has 0 aliphatic carbocycles. The average Bonchev–Trinajstić information content (AvgIpc) is 2.47. The van der Waals surface area contributed by atoms with E-state index in [1.54, 1.807) is 0 Å². The van der Waals surface area contributed by atoms with Crippen molar-refractivity contribution in [1.82, 2.24) is 20.0 Å². The first kappa shape index (κ1) is 15.7. The van der Waals surface area contributed by atoms with Crippen LogP contribution >= 0.6 is 0 Å². The minimum atomic E-state index is -0.368. The number of nitrogens with one attached hydrogen (secondary N) is 1. The summed E-state index contributed by atoms with van der Waals surface area (Å²) in [4.78, 5) is 19.5. The van der Waals surface area contributed by atoms with Crippen molar-refractivity contribution >= 4 is 5.91 Å². The third kappa shape index (κ3) is 3.32. The molecule has 1 N–H and O–H groups in total. The van der Waals surface area contributed by atoms with E-state index in [4.69, 9.17) is 0 Å². The van der Waals surface area contributed by atoms with Gasteiger partial charge in [0.05, 0.1) is 5.54 Å². The largest absolute Gasteiger partial charge is 0.341 e. The van der Waals surface area contributed by atoms with Crippen molar-refractivity contribution in [2.75, 3.05) is 53.4 Å². The molecule has 1 amide bonds. The monoisotopic (exact) mass is 282 g/mol. The molecule has 20 heavy (non-hydrogen) atoms. The molecule has 0 radical (unpaired) electrons. The second-order valence-corrected chi connectivity index (χ2v) is 6.78. The lowest BCUT2D eigenvalue weighted by Gasteiger charge is -2.44. The number of piperazine rings is 1. The molecule has 0 aromatic rings. The number of rotatable bonds is 3. The van der Waals surface area contributed by atoms with Crippen molar-refractivity contribution in [2.45, 2.75) is 38.3 Å². The molecule has 2 aliphatic rings. The number of carbonyl (C=O) groups is 1. The zero-order chi connectivity index (χ0) is 14.8. The lowest BCUT2D eigenvalue weighted by molar-refractivity contribution is -0.144. The number of piperidine rings is 1. The Labute approximate surface area is 123 Å². The Balaban J connectivity index is 1.93. The quantitative estimate of drug-likeness (QED) is 0.804. The summed E-state index contributed by atoms with van der Waals surface area (Å²) in [5, 5.41) is 3.35. The van der Waals surface area contributed by atoms with Gasteiger partial charge in [0.15, 0.2) is 0 Å². The number of likely N-dealkylation sites (tertiary alicyclic amines) is 1. The van der Waals surface area contributed by atoms with Gasteiger partial charge in [-0.2, -0.15) is 0 Å². The molecule has 0 aromatic carbocycles. The SMILES string of the molecule is CN(C)C1CCN(C(=O)C(C)(C)N2CCNCC2)CC1. The highest BCUT2D eigenvalue weighted by Gasteiger charge is 2.39. The summed E-state index contributed by atoms with van der Waals surface area (Å²) in [6.45, 7) is 9.87. The summed E-state index contributed by atoms with van der Waals surface area (Å²) in [6, 6.07) is 0.626. The van der Waals surface area contributed by atoms with Gasteiger partial charge < -0.3 is 15.1 Å². The van der Waals surface area contributed by atoms with Crippen LogP contribution in [-0.4, -0.2) is 85.6 Å². The Hall–Kier alpha value is -0.650. The molecule has 0 aromatic heterocycles. The Morgan fingerprint density at radius 1 is 1.10 bits per heavy atom. The molecule has 5 nitrogen and oxygen atoms in total. The van der Waals surface area contributed by atoms with Gasteiger partial charge in [-0.25, -0.2) is 0 Å². The van der Waals surface area contributed by atoms with E-state index in [9.17, 15) is 4.79 Å². The van der Waals surface area contributed by atoms with Gasteiger partial charge in [-0.05, 0) is 40.8 Å². The van der Waals surface area contributed by atoms with Crippen LogP contribution in [0.2, 0.25) is 0 Å². The lowest BCUT2D eigenvalue weighted by Crippen LogP contribution is -2.61. The zero-order valence-electron chi connectivity index (χ0n) is 13.5. The van der Waals surface area contributed by atoms with Crippen molar-refractivity contribution < 1.29 is 4.79 Å². The van der Waals surface area contributed by atoms with Crippen LogP contribution in [0.25, 0.3) is 0 Å². The van der Waals surface area contributed by atoms with E-state index in [1.807, 2.05) is 0 Å². The van der Waals surface area contributed by atoms with Crippen LogP contribution in [0.5, 0.6) is 0 Å². The number of hydrogen-bond donors (Lipinski definition) is 1. The molecule has 0 bridgehead atoms. The first-order valence-corrected chi connectivity index (χ1v) is 7.84. The maximum atomic E-state index is 12.8. The topological polar surface area (TPSA) is 38.8 Å². The van der Waals surface area contributed by atoms with E-state index in [0.29, 0.717) is 11.9 Å². The first-order valence-electron chi connectivity index (χ1n) is 7.84. The molecule has 2 aliphatic heterocycles. The van der Waals surface area contributed by atoms with E-state index in [2.05, 4.69) is 48.0 Å². The summed E-state index contributed by atoms with van der Waals surface area (Å²) in [5.41, 5.74) is -0.368. The molecule has 2 fully saturated rings. The summed E-state index contributed by atoms with van der Waals surface area (Å²) >= 11 is 0. The minimum absolute atomic E-state index is 0.302. The van der Waals surface area contributed by atoms with Crippen LogP contribution in [0.3, 0.4) is 0 Å². The van der Waals surface area contributed by atoms with E-state index in [-0.39, 0.29) is 5.54 Å². The maximum absolute atomic E-state index is 12.8. The third-order valence-corrected chi connectivity index (χ3v) is 4.91. The molecule has 0 atom stereocenters. The molecule has 2 heterocycles. The van der Waals surface area contributed by atoms with Crippen molar-refractivity contribution in [3.8, 4) is 0 Å². The predicted molar refractivity (Wildman–Crippen MR) is 81.8 cm³/mol. The van der Waals surface area contributed by atoms with E-state index >= 15 is 0 Å². The second kappa shape index (κ2) is 6.41. The summed E-state index contributed by atoms with van der Waals surface area (Å²) < 4.78 is 0. The fraction of sp³-hybridized carbons (Fsp3) is 0.933. The number of nitrogens with zero attached hydrogens (tertiary/aromatic N) is 3. The van der Waals surface area contributed by atoms with Crippen molar-refractivity contribution in [2.24, 2.45) is 0 Å². The highest BCUT2D eigenvalue weighted by molar-refractivity contribution is 5.85. The number of amides is 1. The Morgan fingerprint density at radius 3 is 2.15 bits per heavy atom. The van der Waals surface area contributed by atoms with E-state index in [1.165, 1.54) is 0 Å². The van der Waals surface area contributed by atoms with Gasteiger partial charge in [-0.15, -0.1) is 0 Å². The van der Waals surface area contributed by atoms with Gasteiger partial charge in [0.2, 0.25) is 5.91 Å². The second-order valence-electron chi connectivity index (χ2n) is 6.78. The van der Waals surface area contributed by atoms with Crippen LogP contribution in [0.1, 0.15) is 26.7 Å². The van der Waals surface area contributed by atoms with Crippen LogP contribution in [0, 0.1) is 0 Å². The lowest BCUT2D eigenvalue weighted by atomic mass is 9.96. The predicted octanol–water partition coefficient (Wildman–Crippen LogP) is 0.223. The highest BCUT2D eigenvalue weighted by atomic mass is 16.2. The average molecular weight is 282 g/mol. The molecule has 0 spiro atoms. The standard InChI is InChI=1S/C15H30N4O/c1-15(2,19-11-7-16-8-12-19)14(20)18-9-5-13(6-10-18)17(3)4/h13,16H,5-12H2,1-4H3. The molecular weight excluding hydrogens is 252 g/mol. The van der Waals surface area contributed by atoms with Crippen molar-refractivity contribution in [3.63, 3.8) is 0 Å². The molecular formula is C15H30N4O. The smallest absolute Gasteiger partial charge is 0.242 e. The fourth-order valence-corrected chi connectivity index (χ4v) is 3.33. The van der Waals surface area contributed by atoms with Crippen LogP contribution < -0.4 is 5.32 Å². The van der Waals surface area contributed by atoms with Gasteiger partial charge in [0.25, 0.3) is 0 Å². The Morgan fingerprint density at radius 2 is 1.65 bits per heavy atom. The molecule has 2 saturated heterocycles. The molecule has 2 rings (SSSR count). The first-order chi connectivity index (χ1) is 9.43. The van der Waals surface area contributed by atoms with E-state index < -0.39 is 0 Å². The molecule has 5 heteroatoms. The minimum Gasteiger partial charge on any atom is -0.341 e. The number of carbonyl (C=O) groups excluding carboxylic acids is 1. The Kier molecular flexibility index (Phi) is 5.04. The van der Waals surface area contributed by atoms with Crippen LogP contribution in [0.4, 0.5) is 0 Å². The van der Waals surface area contributed by atoms with Gasteiger partial charge in [-0.3, -0.25) is 9.69 Å². The van der Waals surface area contributed by atoms with Crippen LogP contribution in [0.15, 0.2) is 0 Å². The van der Waals surface area contributed by atoms with Crippen molar-refractivity contribution in [1.29, 1.82) is 0 Å². The van der Waals surface area contributed by atoms with Crippen molar-refractivity contribution in [3.05, 3.63) is 0 Å². The Bertz CT molecular complexity index is 329. The molecule has 0 saturated carbocycles. The summed E-state index contributed by atoms with van der Waals surface area (Å²) in [6.07, 6.45) is 2.19. The molecule has 116 valence electrons. The highest BCUT2D eigenvalue weighted by Crippen LogP contribution is 2.22. The van der Waals surface area contributed by atoms with Crippen LogP contribution in [-0.2, 0) is 4.79 Å². The van der Waals surface area contributed by atoms with Gasteiger partial charge in [-0.1, -0.05) is 0 Å². The van der Waals surface area contributed by atoms with Gasteiger partial charge >= 0.3 is 0 Å². The number of hydrogen-bond acceptors (Lipinski definition) is 4. The fourth-order valence-electron chi connectivity index (χ4n) is 3.33. The van der Waals surface area contributed by atoms with Gasteiger partial charge in [0, 0.05) is 45.3 Å². The zero-order valence-corrected chi connectivity index (χ0v) is 13.5. The summed E-state index contributed by atoms with van der Waals surface area (Å²) in [5.74, 6) is 0.302. The van der Waals surface area contributed by atoms with E-state index in [0.717, 1.165) is 52.1 Å². The molecule has 0 unspecified atom stereocenters. The summed E-state index contributed by atoms with van der Waals surface area (Å²) in [7, 11) is 4.26. The maximum Gasteiger partial charge on any atom is 0.242 e. The third-order valence-electron chi connectivity index (χ3n) is 4.91.